The third kappa shape index (κ3) is 16.0. The molecule has 0 atom stereocenters. The number of nitrogens with zero attached hydrogens (tertiary/aromatic N) is 2. The Kier molecular flexibility index (Phi) is 23.1. The smallest absolute Gasteiger partial charge is 0.322 e. The molecule has 1 saturated heterocycles. The average Bonchev–Trinajstić information content (AvgIpc) is 3.38. The molecule has 3 aliphatic rings. The van der Waals surface area contributed by atoms with Crippen LogP contribution in [0.3, 0.4) is 0 Å². The SMILES string of the molecule is CCCCCCCCCCCCCCN(CCCCCCCCCCCCCC)CN1C(=O)NC(C2CCC(C)CC2)(C2CCC(C)CC2)C1=O. The number of hydrogen-bond donors (Lipinski definition) is 1. The van der Waals surface area contributed by atoms with Crippen molar-refractivity contribution in [3.8, 4) is 0 Å². The van der Waals surface area contributed by atoms with E-state index < -0.39 is 5.54 Å². The number of urea groups is 1. The first-order valence-corrected chi connectivity index (χ1v) is 23.3. The van der Waals surface area contributed by atoms with E-state index in [4.69, 9.17) is 0 Å². The molecule has 1 N–H and O–H groups in total. The maximum absolute atomic E-state index is 14.7. The number of rotatable bonds is 30. The van der Waals surface area contributed by atoms with Crippen LogP contribution in [0.25, 0.3) is 0 Å². The number of amides is 3. The number of hydrogen-bond acceptors (Lipinski definition) is 3. The quantitative estimate of drug-likeness (QED) is 0.0595. The van der Waals surface area contributed by atoms with Crippen LogP contribution in [0.15, 0.2) is 0 Å². The average molecular weight is 714 g/mol. The molecule has 51 heavy (non-hydrogen) atoms. The molecule has 0 spiro atoms. The maximum Gasteiger partial charge on any atom is 0.326 e. The first-order valence-electron chi connectivity index (χ1n) is 23.3. The molecular weight excluding hydrogens is 627 g/mol. The summed E-state index contributed by atoms with van der Waals surface area (Å²) in [6.07, 6.45) is 41.5. The van der Waals surface area contributed by atoms with E-state index in [1.54, 1.807) is 4.90 Å². The van der Waals surface area contributed by atoms with Gasteiger partial charge in [0.2, 0.25) is 0 Å². The molecule has 0 radical (unpaired) electrons. The van der Waals surface area contributed by atoms with Crippen LogP contribution in [0.4, 0.5) is 4.79 Å². The van der Waals surface area contributed by atoms with E-state index in [0.29, 0.717) is 6.67 Å². The largest absolute Gasteiger partial charge is 0.326 e. The molecular formula is C46H87N3O2. The van der Waals surface area contributed by atoms with Gasteiger partial charge in [0.15, 0.2) is 0 Å². The Morgan fingerprint density at radius 2 is 0.824 bits per heavy atom. The maximum atomic E-state index is 14.7. The van der Waals surface area contributed by atoms with Crippen molar-refractivity contribution in [3.63, 3.8) is 0 Å². The van der Waals surface area contributed by atoms with Crippen molar-refractivity contribution in [2.24, 2.45) is 23.7 Å². The van der Waals surface area contributed by atoms with E-state index in [2.05, 4.69) is 37.9 Å². The molecule has 2 aliphatic carbocycles. The summed E-state index contributed by atoms with van der Waals surface area (Å²) in [5.41, 5.74) is -0.672. The molecule has 2 saturated carbocycles. The molecule has 0 aromatic heterocycles. The van der Waals surface area contributed by atoms with E-state index in [0.717, 1.165) is 50.6 Å². The topological polar surface area (TPSA) is 52.6 Å². The van der Waals surface area contributed by atoms with Gasteiger partial charge in [-0.05, 0) is 75.3 Å². The van der Waals surface area contributed by atoms with E-state index in [1.165, 1.54) is 180 Å². The second-order valence-corrected chi connectivity index (χ2v) is 18.0. The van der Waals surface area contributed by atoms with Gasteiger partial charge in [0.25, 0.3) is 5.91 Å². The van der Waals surface area contributed by atoms with Crippen LogP contribution in [-0.4, -0.2) is 47.0 Å². The van der Waals surface area contributed by atoms with Gasteiger partial charge in [0, 0.05) is 0 Å². The van der Waals surface area contributed by atoms with Gasteiger partial charge in [0.05, 0.1) is 6.67 Å². The zero-order valence-electron chi connectivity index (χ0n) is 34.8. The minimum Gasteiger partial charge on any atom is -0.322 e. The van der Waals surface area contributed by atoms with E-state index in [1.807, 2.05) is 0 Å². The number of imide groups is 1. The summed E-state index contributed by atoms with van der Waals surface area (Å²) < 4.78 is 0. The zero-order valence-corrected chi connectivity index (χ0v) is 34.8. The lowest BCUT2D eigenvalue weighted by molar-refractivity contribution is -0.139. The number of carbonyl (C=O) groups excluding carboxylic acids is 2. The normalized spacial score (nSPS) is 25.6. The van der Waals surface area contributed by atoms with Gasteiger partial charge in [-0.25, -0.2) is 9.69 Å². The van der Waals surface area contributed by atoms with E-state index >= 15 is 0 Å². The molecule has 1 heterocycles. The van der Waals surface area contributed by atoms with Crippen molar-refractivity contribution in [3.05, 3.63) is 0 Å². The summed E-state index contributed by atoms with van der Waals surface area (Å²) in [5, 5.41) is 3.48. The van der Waals surface area contributed by atoms with E-state index in [-0.39, 0.29) is 23.8 Å². The van der Waals surface area contributed by atoms with Crippen molar-refractivity contribution >= 4 is 11.9 Å². The molecule has 3 rings (SSSR count). The van der Waals surface area contributed by atoms with Crippen LogP contribution >= 0.6 is 0 Å². The van der Waals surface area contributed by atoms with Crippen molar-refractivity contribution in [1.82, 2.24) is 15.1 Å². The Labute approximate surface area is 318 Å². The van der Waals surface area contributed by atoms with Gasteiger partial charge in [-0.1, -0.05) is 195 Å². The minimum absolute atomic E-state index is 0.105. The summed E-state index contributed by atoms with van der Waals surface area (Å²) in [7, 11) is 0. The van der Waals surface area contributed by atoms with Gasteiger partial charge in [-0.3, -0.25) is 9.69 Å². The van der Waals surface area contributed by atoms with Crippen LogP contribution in [0.1, 0.15) is 233 Å². The van der Waals surface area contributed by atoms with Crippen molar-refractivity contribution in [1.29, 1.82) is 0 Å². The molecule has 0 aromatic rings. The summed E-state index contributed by atoms with van der Waals surface area (Å²) in [6, 6.07) is -0.105. The highest BCUT2D eigenvalue weighted by Gasteiger charge is 2.60. The van der Waals surface area contributed by atoms with Crippen molar-refractivity contribution in [2.45, 2.75) is 239 Å². The van der Waals surface area contributed by atoms with E-state index in [9.17, 15) is 9.59 Å². The highest BCUT2D eigenvalue weighted by molar-refractivity contribution is 6.07. The molecule has 0 aromatic carbocycles. The minimum atomic E-state index is -0.672. The van der Waals surface area contributed by atoms with Gasteiger partial charge < -0.3 is 5.32 Å². The van der Waals surface area contributed by atoms with Crippen LogP contribution in [-0.2, 0) is 4.79 Å². The highest BCUT2D eigenvalue weighted by Crippen LogP contribution is 2.47. The number of nitrogens with one attached hydrogen (secondary N) is 1. The molecule has 0 unspecified atom stereocenters. The second-order valence-electron chi connectivity index (χ2n) is 18.0. The second kappa shape index (κ2) is 26.6. The van der Waals surface area contributed by atoms with Gasteiger partial charge >= 0.3 is 6.03 Å². The first-order chi connectivity index (χ1) is 24.9. The van der Waals surface area contributed by atoms with Gasteiger partial charge in [-0.2, -0.15) is 0 Å². The fourth-order valence-electron chi connectivity index (χ4n) is 9.87. The lowest BCUT2D eigenvalue weighted by atomic mass is 9.62. The third-order valence-corrected chi connectivity index (χ3v) is 13.5. The Morgan fingerprint density at radius 1 is 0.510 bits per heavy atom. The summed E-state index contributed by atoms with van der Waals surface area (Å²) in [4.78, 5) is 32.7. The standard InChI is InChI=1S/C46H87N3O2/c1-5-7-9-11-13-15-17-19-21-23-25-27-37-48(38-28-26-24-22-20-18-16-14-12-10-8-6-2)39-49-44(50)46(47-45(49)51,42-33-29-40(3)30-34-42)43-35-31-41(4)32-36-43/h40-43H,5-39H2,1-4H3,(H,47,51). The third-order valence-electron chi connectivity index (χ3n) is 13.5. The molecule has 0 bridgehead atoms. The van der Waals surface area contributed by atoms with Gasteiger partial charge in [-0.15, -0.1) is 0 Å². The fraction of sp³-hybridized carbons (Fsp3) is 0.957. The van der Waals surface area contributed by atoms with Crippen LogP contribution in [0, 0.1) is 23.7 Å². The van der Waals surface area contributed by atoms with Crippen molar-refractivity contribution in [2.75, 3.05) is 19.8 Å². The Morgan fingerprint density at radius 3 is 1.16 bits per heavy atom. The molecule has 3 fully saturated rings. The van der Waals surface area contributed by atoms with Crippen LogP contribution in [0.5, 0.6) is 0 Å². The summed E-state index contributed by atoms with van der Waals surface area (Å²) in [5.74, 6) is 2.16. The molecule has 1 aliphatic heterocycles. The summed E-state index contributed by atoms with van der Waals surface area (Å²) >= 11 is 0. The lowest BCUT2D eigenvalue weighted by Gasteiger charge is -2.46. The fourth-order valence-corrected chi connectivity index (χ4v) is 9.87. The Balaban J connectivity index is 1.50. The predicted octanol–water partition coefficient (Wildman–Crippen LogP) is 13.6. The van der Waals surface area contributed by atoms with Crippen LogP contribution in [0.2, 0.25) is 0 Å². The number of unbranched alkanes of at least 4 members (excludes halogenated alkanes) is 22. The lowest BCUT2D eigenvalue weighted by Crippen LogP contribution is -2.60. The Hall–Kier alpha value is -1.10. The molecule has 298 valence electrons. The zero-order chi connectivity index (χ0) is 36.6. The molecule has 5 heteroatoms. The highest BCUT2D eigenvalue weighted by atomic mass is 16.2. The molecule has 5 nitrogen and oxygen atoms in total. The number of carbonyl (C=O) groups is 2. The van der Waals surface area contributed by atoms with Gasteiger partial charge in [0.1, 0.15) is 5.54 Å². The van der Waals surface area contributed by atoms with Crippen molar-refractivity contribution < 1.29 is 9.59 Å². The Bertz CT molecular complexity index is 841. The van der Waals surface area contributed by atoms with Crippen LogP contribution < -0.4 is 5.32 Å². The first kappa shape index (κ1) is 44.3. The summed E-state index contributed by atoms with van der Waals surface area (Å²) in [6.45, 7) is 11.8. The monoisotopic (exact) mass is 714 g/mol. The predicted molar refractivity (Wildman–Crippen MR) is 219 cm³/mol. The molecule has 3 amide bonds.